The number of aromatic nitrogens is 2. The maximum Gasteiger partial charge on any atom is 0.136 e. The molecule has 1 aromatic heterocycles. The Hall–Kier alpha value is -1.90. The van der Waals surface area contributed by atoms with Crippen molar-refractivity contribution in [2.75, 3.05) is 0 Å². The molecule has 126 valence electrons. The number of benzene rings is 1. The largest absolute Gasteiger partial charge is 0.300 e. The fraction of sp³-hybridized carbons (Fsp3) is 0.524. The van der Waals surface area contributed by atoms with Gasteiger partial charge in [0.2, 0.25) is 0 Å². The van der Waals surface area contributed by atoms with E-state index < -0.39 is 0 Å². The normalized spacial score (nSPS) is 29.2. The Labute approximate surface area is 144 Å². The van der Waals surface area contributed by atoms with Crippen LogP contribution in [0, 0.1) is 25.7 Å². The summed E-state index contributed by atoms with van der Waals surface area (Å²) in [6.45, 7) is 8.74. The van der Waals surface area contributed by atoms with Gasteiger partial charge < -0.3 is 4.57 Å². The molecule has 0 unspecified atom stereocenters. The van der Waals surface area contributed by atoms with Gasteiger partial charge in [-0.05, 0) is 50.7 Å². The van der Waals surface area contributed by atoms with Crippen molar-refractivity contribution in [3.63, 3.8) is 0 Å². The zero-order valence-corrected chi connectivity index (χ0v) is 15.1. The fourth-order valence-electron chi connectivity index (χ4n) is 5.13. The molecule has 0 amide bonds. The first-order valence-electron chi connectivity index (χ1n) is 9.11. The van der Waals surface area contributed by atoms with E-state index in [-0.39, 0.29) is 11.3 Å². The van der Waals surface area contributed by atoms with Crippen LogP contribution in [0.3, 0.4) is 0 Å². The van der Waals surface area contributed by atoms with Gasteiger partial charge in [0.1, 0.15) is 11.6 Å². The maximum atomic E-state index is 12.2. The minimum atomic E-state index is 0.0413. The maximum absolute atomic E-state index is 12.2. The number of fused-ring (bicyclic) bond motifs is 3. The van der Waals surface area contributed by atoms with Crippen LogP contribution in [0.1, 0.15) is 55.9 Å². The number of rotatable bonds is 1. The van der Waals surface area contributed by atoms with Crippen LogP contribution in [0.5, 0.6) is 0 Å². The summed E-state index contributed by atoms with van der Waals surface area (Å²) in [5, 5.41) is 0. The monoisotopic (exact) mass is 322 g/mol. The molecule has 0 saturated heterocycles. The average molecular weight is 322 g/mol. The number of hydrogen-bond acceptors (Lipinski definition) is 2. The van der Waals surface area contributed by atoms with Crippen molar-refractivity contribution in [3.05, 3.63) is 47.0 Å². The number of Topliss-reactive ketones (excluding diaryl/α,β-unsaturated/α-hetero) is 1. The van der Waals surface area contributed by atoms with Crippen LogP contribution >= 0.6 is 0 Å². The highest BCUT2D eigenvalue weighted by molar-refractivity contribution is 5.82. The molecule has 3 heteroatoms. The van der Waals surface area contributed by atoms with Crippen LogP contribution in [0.15, 0.2) is 24.3 Å². The van der Waals surface area contributed by atoms with Crippen molar-refractivity contribution in [2.24, 2.45) is 11.8 Å². The molecule has 4 rings (SSSR count). The molecule has 2 aliphatic carbocycles. The highest BCUT2D eigenvalue weighted by Crippen LogP contribution is 2.51. The lowest BCUT2D eigenvalue weighted by Crippen LogP contribution is -2.47. The fourth-order valence-corrected chi connectivity index (χ4v) is 5.13. The second-order valence-corrected chi connectivity index (χ2v) is 7.89. The van der Waals surface area contributed by atoms with E-state index in [9.17, 15) is 4.79 Å². The van der Waals surface area contributed by atoms with Gasteiger partial charge >= 0.3 is 0 Å². The van der Waals surface area contributed by atoms with Crippen molar-refractivity contribution in [2.45, 2.75) is 58.8 Å². The molecule has 0 N–H and O–H groups in total. The van der Waals surface area contributed by atoms with E-state index in [1.807, 2.05) is 0 Å². The first-order chi connectivity index (χ1) is 11.4. The summed E-state index contributed by atoms with van der Waals surface area (Å²) in [5.74, 6) is 2.11. The first-order valence-corrected chi connectivity index (χ1v) is 9.11. The van der Waals surface area contributed by atoms with Gasteiger partial charge in [-0.15, -0.1) is 0 Å². The third-order valence-corrected chi connectivity index (χ3v) is 6.55. The Morgan fingerprint density at radius 1 is 1.21 bits per heavy atom. The number of imidazole rings is 1. The Bertz CT molecular complexity index is 819. The highest BCUT2D eigenvalue weighted by atomic mass is 16.1. The molecule has 3 nitrogen and oxygen atoms in total. The van der Waals surface area contributed by atoms with E-state index in [1.165, 1.54) is 22.6 Å². The van der Waals surface area contributed by atoms with E-state index in [4.69, 9.17) is 4.98 Å². The second-order valence-electron chi connectivity index (χ2n) is 7.89. The van der Waals surface area contributed by atoms with E-state index in [1.54, 1.807) is 0 Å². The van der Waals surface area contributed by atoms with Gasteiger partial charge in [0.05, 0.1) is 5.69 Å². The van der Waals surface area contributed by atoms with Crippen molar-refractivity contribution in [3.8, 4) is 5.69 Å². The Morgan fingerprint density at radius 2 is 1.96 bits per heavy atom. The third kappa shape index (κ3) is 2.03. The molecule has 0 radical (unpaired) electrons. The van der Waals surface area contributed by atoms with Gasteiger partial charge in [-0.2, -0.15) is 0 Å². The number of carbonyl (C=O) groups is 1. The summed E-state index contributed by atoms with van der Waals surface area (Å²) in [7, 11) is 0. The molecule has 1 heterocycles. The topological polar surface area (TPSA) is 34.9 Å². The van der Waals surface area contributed by atoms with Crippen molar-refractivity contribution in [1.29, 1.82) is 0 Å². The summed E-state index contributed by atoms with van der Waals surface area (Å²) in [6.07, 6.45) is 3.75. The third-order valence-electron chi connectivity index (χ3n) is 6.55. The van der Waals surface area contributed by atoms with Crippen LogP contribution in [0.4, 0.5) is 0 Å². The van der Waals surface area contributed by atoms with Gasteiger partial charge in [-0.3, -0.25) is 4.79 Å². The average Bonchev–Trinajstić information content (AvgIpc) is 2.90. The van der Waals surface area contributed by atoms with Crippen molar-refractivity contribution >= 4 is 5.78 Å². The molecule has 0 aliphatic heterocycles. The lowest BCUT2D eigenvalue weighted by molar-refractivity contribution is -0.128. The highest BCUT2D eigenvalue weighted by Gasteiger charge is 2.50. The second kappa shape index (κ2) is 5.30. The smallest absolute Gasteiger partial charge is 0.136 e. The van der Waals surface area contributed by atoms with E-state index in [0.717, 1.165) is 25.1 Å². The zero-order valence-electron chi connectivity index (χ0n) is 15.1. The van der Waals surface area contributed by atoms with Crippen molar-refractivity contribution < 1.29 is 4.79 Å². The minimum absolute atomic E-state index is 0.0413. The van der Waals surface area contributed by atoms with Crippen LogP contribution in [0.25, 0.3) is 5.69 Å². The first kappa shape index (κ1) is 15.6. The SMILES string of the molecule is Cc1ccccc1-n1c(C)nc2c1CC[C@H]1[C@H](C)C(=O)CC[C@]21C. The summed E-state index contributed by atoms with van der Waals surface area (Å²) < 4.78 is 2.35. The summed E-state index contributed by atoms with van der Waals surface area (Å²) in [6, 6.07) is 8.54. The standard InChI is InChI=1S/C21H26N2O/c1-13-7-5-6-8-17(13)23-15(3)22-20-18(23)10-9-16-14(2)19(24)11-12-21(16,20)4/h5-8,14,16H,9-12H2,1-4H3/t14-,16-,21-/m0/s1. The number of ketones is 1. The molecular weight excluding hydrogens is 296 g/mol. The van der Waals surface area contributed by atoms with Gasteiger partial charge in [-0.25, -0.2) is 4.98 Å². The van der Waals surface area contributed by atoms with Crippen LogP contribution in [0.2, 0.25) is 0 Å². The Balaban J connectivity index is 1.88. The van der Waals surface area contributed by atoms with E-state index in [2.05, 4.69) is 56.5 Å². The Morgan fingerprint density at radius 3 is 2.71 bits per heavy atom. The molecule has 2 aromatic rings. The number of para-hydroxylation sites is 1. The van der Waals surface area contributed by atoms with Gasteiger partial charge in [0, 0.05) is 29.1 Å². The predicted octanol–water partition coefficient (Wildman–Crippen LogP) is 4.31. The predicted molar refractivity (Wildman–Crippen MR) is 95.6 cm³/mol. The van der Waals surface area contributed by atoms with Crippen LogP contribution in [-0.2, 0) is 16.6 Å². The number of hydrogen-bond donors (Lipinski definition) is 0. The molecule has 2 aliphatic rings. The van der Waals surface area contributed by atoms with Crippen molar-refractivity contribution in [1.82, 2.24) is 9.55 Å². The van der Waals surface area contributed by atoms with E-state index in [0.29, 0.717) is 18.1 Å². The van der Waals surface area contributed by atoms with E-state index >= 15 is 0 Å². The Kier molecular flexibility index (Phi) is 3.45. The lowest BCUT2D eigenvalue weighted by atomic mass is 9.57. The molecule has 24 heavy (non-hydrogen) atoms. The minimum Gasteiger partial charge on any atom is -0.300 e. The van der Waals surface area contributed by atoms with Gasteiger partial charge in [-0.1, -0.05) is 32.0 Å². The van der Waals surface area contributed by atoms with Gasteiger partial charge in [0.25, 0.3) is 0 Å². The number of aryl methyl sites for hydroxylation is 2. The summed E-state index contributed by atoms with van der Waals surface area (Å²) >= 11 is 0. The summed E-state index contributed by atoms with van der Waals surface area (Å²) in [4.78, 5) is 17.3. The molecule has 1 fully saturated rings. The van der Waals surface area contributed by atoms with Crippen LogP contribution < -0.4 is 0 Å². The molecule has 1 saturated carbocycles. The molecule has 0 spiro atoms. The number of nitrogens with zero attached hydrogens (tertiary/aromatic N) is 2. The summed E-state index contributed by atoms with van der Waals surface area (Å²) in [5.41, 5.74) is 5.17. The molecule has 1 aromatic carbocycles. The number of carbonyl (C=O) groups excluding carboxylic acids is 1. The molecule has 0 bridgehead atoms. The quantitative estimate of drug-likeness (QED) is 0.784. The van der Waals surface area contributed by atoms with Gasteiger partial charge in [0.15, 0.2) is 0 Å². The lowest BCUT2D eigenvalue weighted by Gasteiger charge is -2.46. The zero-order chi connectivity index (χ0) is 17.1. The molecule has 3 atom stereocenters. The molecular formula is C21H26N2O. The van der Waals surface area contributed by atoms with Crippen LogP contribution in [-0.4, -0.2) is 15.3 Å².